The number of fused-ring (bicyclic) bond motifs is 2. The van der Waals surface area contributed by atoms with Crippen LogP contribution in [0.3, 0.4) is 0 Å². The predicted octanol–water partition coefficient (Wildman–Crippen LogP) is 2.66. The number of aromatic nitrogens is 1. The Bertz CT molecular complexity index is 1680. The van der Waals surface area contributed by atoms with E-state index in [9.17, 15) is 33.9 Å². The first kappa shape index (κ1) is 26.9. The summed E-state index contributed by atoms with van der Waals surface area (Å²) in [5, 5.41) is 27.5. The van der Waals surface area contributed by atoms with Crippen molar-refractivity contribution >= 4 is 84.9 Å². The zero-order valence-corrected chi connectivity index (χ0v) is 22.6. The third kappa shape index (κ3) is 5.15. The van der Waals surface area contributed by atoms with Gasteiger partial charge in [-0.1, -0.05) is 16.9 Å². The van der Waals surface area contributed by atoms with E-state index in [-0.39, 0.29) is 27.7 Å². The number of amides is 2. The summed E-state index contributed by atoms with van der Waals surface area (Å²) in [6.45, 7) is 0. The van der Waals surface area contributed by atoms with Crippen LogP contribution in [0.2, 0.25) is 0 Å². The van der Waals surface area contributed by atoms with Gasteiger partial charge < -0.3 is 21.4 Å². The molecule has 11 nitrogen and oxygen atoms in total. The lowest BCUT2D eigenvalue weighted by molar-refractivity contribution is -0.150. The summed E-state index contributed by atoms with van der Waals surface area (Å²) in [4.78, 5) is 55.0. The standard InChI is InChI=1S/C23H16FN5O6S4/c24-10-1-2-11-13(30)6-15(39-14(11)5-10)36-4-3-9-7-37-21-17(20(32)29(21)18(9)22(33)34)27-19(31)16(28-35)12-8-38-23(25)26-12/h1-6,8,17,21,35H,7H2,(H2,25,26)(H,27,31)(H,33,34)/t17?,21-/m1/s1. The van der Waals surface area contributed by atoms with E-state index in [4.69, 9.17) is 5.73 Å². The SMILES string of the molecule is Nc1nc(C(=NO)C(=O)NC2C(=O)N3C(C(=O)O)=C(C=CSc4cc(=O)c5ccc(F)cc5s4)CS[C@H]23)cs1. The molecule has 2 aliphatic rings. The van der Waals surface area contributed by atoms with E-state index in [0.29, 0.717) is 19.9 Å². The number of thiazole rings is 1. The number of carbonyl (C=O) groups excluding carboxylic acids is 2. The maximum Gasteiger partial charge on any atom is 0.352 e. The van der Waals surface area contributed by atoms with Gasteiger partial charge >= 0.3 is 5.97 Å². The first-order chi connectivity index (χ1) is 18.7. The molecule has 2 aromatic heterocycles. The summed E-state index contributed by atoms with van der Waals surface area (Å²) in [5.74, 6) is -3.05. The van der Waals surface area contributed by atoms with Crippen LogP contribution in [0.25, 0.3) is 10.1 Å². The molecule has 0 spiro atoms. The normalized spacial score (nSPS) is 19.4. The summed E-state index contributed by atoms with van der Waals surface area (Å²) >= 11 is 4.68. The van der Waals surface area contributed by atoms with Crippen LogP contribution in [-0.2, 0) is 14.4 Å². The molecule has 2 aliphatic heterocycles. The summed E-state index contributed by atoms with van der Waals surface area (Å²) < 4.78 is 14.7. The number of carbonyl (C=O) groups is 3. The number of anilines is 1. The van der Waals surface area contributed by atoms with E-state index < -0.39 is 40.7 Å². The predicted molar refractivity (Wildman–Crippen MR) is 148 cm³/mol. The Hall–Kier alpha value is -3.73. The highest BCUT2D eigenvalue weighted by Crippen LogP contribution is 2.41. The molecule has 16 heteroatoms. The number of β-lactam (4-membered cyclic amide) rings is 1. The molecule has 0 radical (unpaired) electrons. The molecule has 1 unspecified atom stereocenters. The maximum atomic E-state index is 13.6. The summed E-state index contributed by atoms with van der Waals surface area (Å²) in [6, 6.07) is 4.32. The molecule has 5 N–H and O–H groups in total. The Labute approximate surface area is 234 Å². The van der Waals surface area contributed by atoms with Crippen molar-refractivity contribution in [3.05, 3.63) is 74.1 Å². The average Bonchev–Trinajstić information content (AvgIpc) is 3.32. The number of nitrogens with zero attached hydrogens (tertiary/aromatic N) is 3. The first-order valence-corrected chi connectivity index (χ1v) is 14.5. The van der Waals surface area contributed by atoms with Crippen molar-refractivity contribution < 1.29 is 29.1 Å². The first-order valence-electron chi connectivity index (χ1n) is 10.9. The van der Waals surface area contributed by atoms with E-state index >= 15 is 0 Å². The summed E-state index contributed by atoms with van der Waals surface area (Å²) in [6.07, 6.45) is 1.55. The molecule has 3 aromatic rings. The molecule has 0 aliphatic carbocycles. The van der Waals surface area contributed by atoms with Crippen LogP contribution in [0.1, 0.15) is 5.69 Å². The molecule has 2 amide bonds. The van der Waals surface area contributed by atoms with E-state index in [1.54, 1.807) is 11.5 Å². The number of carboxylic acids is 1. The Balaban J connectivity index is 1.32. The molecule has 1 fully saturated rings. The van der Waals surface area contributed by atoms with Gasteiger partial charge in [0.05, 0.1) is 4.21 Å². The summed E-state index contributed by atoms with van der Waals surface area (Å²) in [5.41, 5.74) is 5.06. The number of nitrogen functional groups attached to an aromatic ring is 1. The second-order valence-electron chi connectivity index (χ2n) is 8.05. The number of aliphatic carboxylic acids is 1. The highest BCUT2D eigenvalue weighted by atomic mass is 32.2. The number of hydrogen-bond acceptors (Lipinski definition) is 12. The zero-order chi connectivity index (χ0) is 27.8. The molecule has 5 rings (SSSR count). The highest BCUT2D eigenvalue weighted by molar-refractivity contribution is 8.04. The van der Waals surface area contributed by atoms with Gasteiger partial charge in [0.2, 0.25) is 0 Å². The minimum absolute atomic E-state index is 0.0371. The van der Waals surface area contributed by atoms with Crippen molar-refractivity contribution in [1.82, 2.24) is 15.2 Å². The van der Waals surface area contributed by atoms with E-state index in [1.807, 2.05) is 0 Å². The van der Waals surface area contributed by atoms with E-state index in [2.05, 4.69) is 15.5 Å². The second kappa shape index (κ2) is 10.8. The topological polar surface area (TPSA) is 175 Å². The molecular formula is C23H16FN5O6S4. The number of rotatable bonds is 7. The smallest absolute Gasteiger partial charge is 0.352 e. The zero-order valence-electron chi connectivity index (χ0n) is 19.4. The molecule has 0 bridgehead atoms. The Morgan fingerprint density at radius 1 is 1.31 bits per heavy atom. The van der Waals surface area contributed by atoms with Gasteiger partial charge in [-0.05, 0) is 35.3 Å². The Kier molecular flexibility index (Phi) is 7.44. The third-order valence-electron chi connectivity index (χ3n) is 5.69. The third-order valence-corrected chi connectivity index (χ3v) is 9.70. The number of nitrogens with one attached hydrogen (secondary N) is 1. The minimum atomic E-state index is -1.32. The summed E-state index contributed by atoms with van der Waals surface area (Å²) in [7, 11) is 0. The number of benzene rings is 1. The molecule has 39 heavy (non-hydrogen) atoms. The largest absolute Gasteiger partial charge is 0.477 e. The van der Waals surface area contributed by atoms with Crippen molar-refractivity contribution in [3.8, 4) is 0 Å². The van der Waals surface area contributed by atoms with Crippen LogP contribution in [-0.4, -0.2) is 60.9 Å². The highest BCUT2D eigenvalue weighted by Gasteiger charge is 2.54. The van der Waals surface area contributed by atoms with Gasteiger partial charge in [-0.15, -0.1) is 34.4 Å². The molecule has 2 atom stereocenters. The van der Waals surface area contributed by atoms with Crippen molar-refractivity contribution in [2.45, 2.75) is 15.6 Å². The second-order valence-corrected chi connectivity index (χ2v) is 12.3. The van der Waals surface area contributed by atoms with Gasteiger partial charge in [-0.3, -0.25) is 19.3 Å². The lowest BCUT2D eigenvalue weighted by Gasteiger charge is -2.49. The Morgan fingerprint density at radius 3 is 2.79 bits per heavy atom. The number of hydrogen-bond donors (Lipinski definition) is 4. The number of oxime groups is 1. The van der Waals surface area contributed by atoms with Crippen LogP contribution in [0.4, 0.5) is 9.52 Å². The maximum absolute atomic E-state index is 13.6. The fourth-order valence-electron chi connectivity index (χ4n) is 3.94. The van der Waals surface area contributed by atoms with Crippen LogP contribution < -0.4 is 16.5 Å². The van der Waals surface area contributed by atoms with Crippen LogP contribution in [0.5, 0.6) is 0 Å². The minimum Gasteiger partial charge on any atom is -0.477 e. The average molecular weight is 606 g/mol. The number of allylic oxidation sites excluding steroid dienone is 1. The van der Waals surface area contributed by atoms with Gasteiger partial charge in [0.25, 0.3) is 11.8 Å². The van der Waals surface area contributed by atoms with Crippen molar-refractivity contribution in [2.24, 2.45) is 5.16 Å². The van der Waals surface area contributed by atoms with Gasteiger partial charge in [0.1, 0.15) is 28.6 Å². The Morgan fingerprint density at radius 2 is 2.10 bits per heavy atom. The monoisotopic (exact) mass is 605 g/mol. The number of halogens is 1. The molecule has 1 aromatic carbocycles. The van der Waals surface area contributed by atoms with Crippen molar-refractivity contribution in [1.29, 1.82) is 0 Å². The molecule has 0 saturated carbocycles. The van der Waals surface area contributed by atoms with Gasteiger partial charge in [0.15, 0.2) is 16.3 Å². The lowest BCUT2D eigenvalue weighted by Crippen LogP contribution is -2.71. The quantitative estimate of drug-likeness (QED) is 0.103. The fraction of sp³-hybridized carbons (Fsp3) is 0.130. The molecule has 4 heterocycles. The van der Waals surface area contributed by atoms with Crippen molar-refractivity contribution in [3.63, 3.8) is 0 Å². The number of carboxylic acid groups (broad SMARTS) is 1. The number of thioether (sulfide) groups is 2. The molecular weight excluding hydrogens is 590 g/mol. The van der Waals surface area contributed by atoms with Gasteiger partial charge in [0, 0.05) is 27.3 Å². The van der Waals surface area contributed by atoms with E-state index in [1.165, 1.54) is 64.5 Å². The van der Waals surface area contributed by atoms with Gasteiger partial charge in [-0.25, -0.2) is 14.2 Å². The van der Waals surface area contributed by atoms with E-state index in [0.717, 1.165) is 16.2 Å². The van der Waals surface area contributed by atoms with Crippen LogP contribution in [0.15, 0.2) is 66.6 Å². The van der Waals surface area contributed by atoms with Crippen LogP contribution in [0, 0.1) is 5.82 Å². The van der Waals surface area contributed by atoms with Crippen LogP contribution >= 0.6 is 46.2 Å². The number of nitrogens with two attached hydrogens (primary N) is 1. The van der Waals surface area contributed by atoms with Gasteiger partial charge in [-0.2, -0.15) is 0 Å². The fourth-order valence-corrected chi connectivity index (χ4v) is 7.81. The van der Waals surface area contributed by atoms with Crippen molar-refractivity contribution in [2.75, 3.05) is 11.5 Å². The lowest BCUT2D eigenvalue weighted by atomic mass is 10.0. The molecule has 200 valence electrons. The molecule has 1 saturated heterocycles.